The molecule has 0 aliphatic carbocycles. The summed E-state index contributed by atoms with van der Waals surface area (Å²) in [6.45, 7) is -0.933. The molecular weight excluding hydrogens is 414 g/mol. The standard InChI is InChI=1S/C15H14F6N4O4/c16-14(17,18)7-6-8(22)9-11-24-25-12(29-11)13(26,15(19,20)21)2-5-27-3-1-4-28-10(7)23-9/h6,26H,1-5,22H2. The lowest BCUT2D eigenvalue weighted by molar-refractivity contribution is -0.279. The van der Waals surface area contributed by atoms with Gasteiger partial charge in [0.15, 0.2) is 5.69 Å². The number of fused-ring (bicyclic) bond motifs is 5. The fourth-order valence-corrected chi connectivity index (χ4v) is 2.50. The molecular formula is C15H14F6N4O4. The first-order valence-corrected chi connectivity index (χ1v) is 8.15. The SMILES string of the molecule is Nc1cc(C(F)(F)F)c2nc1-c1nnc(o1)C(O)(C(F)(F)F)CCOCCCO2. The second-order valence-electron chi connectivity index (χ2n) is 6.11. The fourth-order valence-electron chi connectivity index (χ4n) is 2.50. The number of anilines is 1. The maximum absolute atomic E-state index is 13.4. The molecule has 0 radical (unpaired) electrons. The third kappa shape index (κ3) is 4.07. The van der Waals surface area contributed by atoms with Gasteiger partial charge in [-0.05, 0) is 6.07 Å². The van der Waals surface area contributed by atoms with Crippen LogP contribution in [0.3, 0.4) is 0 Å². The average molecular weight is 428 g/mol. The zero-order valence-electron chi connectivity index (χ0n) is 14.5. The van der Waals surface area contributed by atoms with Gasteiger partial charge in [0.2, 0.25) is 11.5 Å². The van der Waals surface area contributed by atoms with E-state index in [2.05, 4.69) is 15.2 Å². The highest BCUT2D eigenvalue weighted by Gasteiger charge is 2.58. The lowest BCUT2D eigenvalue weighted by Crippen LogP contribution is -2.43. The van der Waals surface area contributed by atoms with Crippen molar-refractivity contribution in [1.29, 1.82) is 0 Å². The van der Waals surface area contributed by atoms with E-state index >= 15 is 0 Å². The number of nitrogen functional groups attached to an aromatic ring is 1. The van der Waals surface area contributed by atoms with Crippen molar-refractivity contribution in [1.82, 2.24) is 15.2 Å². The van der Waals surface area contributed by atoms with Crippen LogP contribution < -0.4 is 10.5 Å². The van der Waals surface area contributed by atoms with Crippen molar-refractivity contribution in [2.24, 2.45) is 0 Å². The highest BCUT2D eigenvalue weighted by atomic mass is 19.4. The second kappa shape index (κ2) is 7.33. The Balaban J connectivity index is 2.14. The Hall–Kier alpha value is -2.61. The van der Waals surface area contributed by atoms with Gasteiger partial charge in [-0.1, -0.05) is 0 Å². The maximum Gasteiger partial charge on any atom is 0.426 e. The van der Waals surface area contributed by atoms with Gasteiger partial charge in [0.05, 0.1) is 18.9 Å². The average Bonchev–Trinajstić information content (AvgIpc) is 3.09. The molecule has 2 aromatic rings. The van der Waals surface area contributed by atoms with Gasteiger partial charge in [0.25, 0.3) is 11.8 Å². The molecule has 8 nitrogen and oxygen atoms in total. The topological polar surface area (TPSA) is 117 Å². The Morgan fingerprint density at radius 1 is 1.07 bits per heavy atom. The Labute approximate surface area is 158 Å². The zero-order chi connectivity index (χ0) is 21.4. The Morgan fingerprint density at radius 2 is 1.79 bits per heavy atom. The first kappa shape index (κ1) is 21.1. The molecule has 3 rings (SSSR count). The summed E-state index contributed by atoms with van der Waals surface area (Å²) in [4.78, 5) is 3.62. The van der Waals surface area contributed by atoms with Crippen molar-refractivity contribution < 1.29 is 45.3 Å². The number of aliphatic hydroxyl groups is 1. The molecule has 3 N–H and O–H groups in total. The summed E-state index contributed by atoms with van der Waals surface area (Å²) < 4.78 is 94.9. The quantitative estimate of drug-likeness (QED) is 0.616. The number of rotatable bonds is 0. The van der Waals surface area contributed by atoms with E-state index < -0.39 is 65.6 Å². The van der Waals surface area contributed by atoms with Crippen molar-refractivity contribution in [3.8, 4) is 17.5 Å². The summed E-state index contributed by atoms with van der Waals surface area (Å²) in [5.74, 6) is -2.79. The van der Waals surface area contributed by atoms with Gasteiger partial charge in [-0.25, -0.2) is 4.98 Å². The van der Waals surface area contributed by atoms with E-state index in [-0.39, 0.29) is 19.6 Å². The molecule has 3 heterocycles. The minimum absolute atomic E-state index is 0.0571. The molecule has 0 aromatic carbocycles. The number of aromatic nitrogens is 3. The number of ether oxygens (including phenoxy) is 2. The van der Waals surface area contributed by atoms with Crippen molar-refractivity contribution >= 4 is 5.69 Å². The summed E-state index contributed by atoms with van der Waals surface area (Å²) in [6, 6.07) is 0.500. The Morgan fingerprint density at radius 3 is 2.45 bits per heavy atom. The van der Waals surface area contributed by atoms with Crippen LogP contribution in [-0.4, -0.2) is 46.3 Å². The first-order chi connectivity index (χ1) is 13.4. The van der Waals surface area contributed by atoms with Gasteiger partial charge in [-0.15, -0.1) is 10.2 Å². The predicted molar refractivity (Wildman–Crippen MR) is 82.4 cm³/mol. The third-order valence-electron chi connectivity index (χ3n) is 4.05. The predicted octanol–water partition coefficient (Wildman–Crippen LogP) is 2.67. The van der Waals surface area contributed by atoms with Crippen molar-refractivity contribution in [2.75, 3.05) is 25.6 Å². The number of pyridine rings is 1. The molecule has 1 aliphatic rings. The summed E-state index contributed by atoms with van der Waals surface area (Å²) >= 11 is 0. The first-order valence-electron chi connectivity index (χ1n) is 8.15. The van der Waals surface area contributed by atoms with E-state index in [1.807, 2.05) is 0 Å². The van der Waals surface area contributed by atoms with Crippen LogP contribution in [0.2, 0.25) is 0 Å². The van der Waals surface area contributed by atoms with Crippen LogP contribution >= 0.6 is 0 Å². The number of alkyl halides is 6. The van der Waals surface area contributed by atoms with E-state index in [4.69, 9.17) is 19.6 Å². The second-order valence-corrected chi connectivity index (χ2v) is 6.11. The molecule has 29 heavy (non-hydrogen) atoms. The van der Waals surface area contributed by atoms with E-state index in [0.717, 1.165) is 0 Å². The van der Waals surface area contributed by atoms with E-state index in [1.54, 1.807) is 0 Å². The molecule has 0 saturated heterocycles. The lowest BCUT2D eigenvalue weighted by Gasteiger charge is -2.26. The number of halogens is 6. The van der Waals surface area contributed by atoms with Gasteiger partial charge in [-0.3, -0.25) is 0 Å². The highest BCUT2D eigenvalue weighted by Crippen LogP contribution is 2.43. The largest absolute Gasteiger partial charge is 0.477 e. The van der Waals surface area contributed by atoms with E-state index in [1.165, 1.54) is 0 Å². The molecule has 0 amide bonds. The van der Waals surface area contributed by atoms with Crippen LogP contribution in [0, 0.1) is 0 Å². The van der Waals surface area contributed by atoms with Gasteiger partial charge in [0.1, 0.15) is 5.56 Å². The van der Waals surface area contributed by atoms with Gasteiger partial charge >= 0.3 is 12.4 Å². The number of hydrogen-bond donors (Lipinski definition) is 2. The fraction of sp³-hybridized carbons (Fsp3) is 0.533. The number of hydrogen-bond acceptors (Lipinski definition) is 8. The molecule has 0 saturated carbocycles. The number of nitrogens with two attached hydrogens (primary N) is 1. The Kier molecular flexibility index (Phi) is 5.34. The smallest absolute Gasteiger partial charge is 0.426 e. The van der Waals surface area contributed by atoms with Crippen LogP contribution in [-0.2, 0) is 16.5 Å². The molecule has 1 unspecified atom stereocenters. The van der Waals surface area contributed by atoms with E-state index in [0.29, 0.717) is 6.07 Å². The molecule has 14 heteroatoms. The minimum Gasteiger partial charge on any atom is -0.477 e. The molecule has 2 aromatic heterocycles. The van der Waals surface area contributed by atoms with Crippen LogP contribution in [0.5, 0.6) is 5.88 Å². The summed E-state index contributed by atoms with van der Waals surface area (Å²) in [7, 11) is 0. The highest BCUT2D eigenvalue weighted by molar-refractivity contribution is 5.68. The Bertz CT molecular complexity index is 885. The van der Waals surface area contributed by atoms with Crippen LogP contribution in [0.4, 0.5) is 32.0 Å². The molecule has 0 spiro atoms. The van der Waals surface area contributed by atoms with Crippen LogP contribution in [0.15, 0.2) is 10.5 Å². The zero-order valence-corrected chi connectivity index (χ0v) is 14.5. The van der Waals surface area contributed by atoms with Crippen molar-refractivity contribution in [3.63, 3.8) is 0 Å². The molecule has 1 aliphatic heterocycles. The lowest BCUT2D eigenvalue weighted by atomic mass is 9.99. The van der Waals surface area contributed by atoms with Crippen LogP contribution in [0.25, 0.3) is 11.6 Å². The minimum atomic E-state index is -5.19. The van der Waals surface area contributed by atoms with E-state index in [9.17, 15) is 31.4 Å². The molecule has 0 fully saturated rings. The van der Waals surface area contributed by atoms with Gasteiger partial charge < -0.3 is 24.7 Å². The monoisotopic (exact) mass is 428 g/mol. The van der Waals surface area contributed by atoms with Gasteiger partial charge in [-0.2, -0.15) is 26.3 Å². The summed E-state index contributed by atoms with van der Waals surface area (Å²) in [6.07, 6.45) is -10.9. The summed E-state index contributed by atoms with van der Waals surface area (Å²) in [5, 5.41) is 16.7. The normalized spacial score (nSPS) is 21.3. The molecule has 160 valence electrons. The van der Waals surface area contributed by atoms with Gasteiger partial charge in [0, 0.05) is 19.4 Å². The third-order valence-corrected chi connectivity index (χ3v) is 4.05. The molecule has 4 bridgehead atoms. The number of nitrogens with zero attached hydrogens (tertiary/aromatic N) is 3. The van der Waals surface area contributed by atoms with Crippen LogP contribution in [0.1, 0.15) is 24.3 Å². The van der Waals surface area contributed by atoms with Crippen molar-refractivity contribution in [3.05, 3.63) is 17.5 Å². The maximum atomic E-state index is 13.4. The molecule has 1 atom stereocenters. The summed E-state index contributed by atoms with van der Waals surface area (Å²) in [5.41, 5.74) is -0.321. The van der Waals surface area contributed by atoms with Crippen molar-refractivity contribution in [2.45, 2.75) is 30.8 Å².